The van der Waals surface area contributed by atoms with E-state index in [2.05, 4.69) is 5.32 Å². The monoisotopic (exact) mass is 468 g/mol. The highest BCUT2D eigenvalue weighted by Gasteiger charge is 2.39. The fraction of sp³-hybridized carbons (Fsp3) is 0.682. The summed E-state index contributed by atoms with van der Waals surface area (Å²) >= 11 is 0. The first-order chi connectivity index (χ1) is 15.6. The molecule has 0 spiro atoms. The predicted octanol–water partition coefficient (Wildman–Crippen LogP) is 2.82. The number of nitrogens with zero attached hydrogens (tertiary/aromatic N) is 1. The zero-order chi connectivity index (χ0) is 22.8. The summed E-state index contributed by atoms with van der Waals surface area (Å²) in [5.41, 5.74) is 0.801. The molecule has 32 heavy (non-hydrogen) atoms. The van der Waals surface area contributed by atoms with E-state index >= 15 is 0 Å². The lowest BCUT2D eigenvalue weighted by molar-refractivity contribution is 0.0708. The molecule has 0 saturated carbocycles. The van der Waals surface area contributed by atoms with Crippen LogP contribution in [-0.2, 0) is 22.8 Å². The summed E-state index contributed by atoms with van der Waals surface area (Å²) < 4.78 is 33.8. The van der Waals surface area contributed by atoms with Gasteiger partial charge in [0.1, 0.15) is 18.5 Å². The van der Waals surface area contributed by atoms with Gasteiger partial charge in [-0.2, -0.15) is 0 Å². The molecule has 1 aromatic rings. The van der Waals surface area contributed by atoms with Crippen LogP contribution in [-0.4, -0.2) is 79.8 Å². The van der Waals surface area contributed by atoms with Gasteiger partial charge in [0, 0.05) is 38.1 Å². The summed E-state index contributed by atoms with van der Waals surface area (Å²) in [7, 11) is -2.70. The van der Waals surface area contributed by atoms with Gasteiger partial charge in [0.15, 0.2) is 0 Å². The molecule has 2 aliphatic heterocycles. The number of hydrogen-bond acceptors (Lipinski definition) is 7. The molecule has 180 valence electrons. The van der Waals surface area contributed by atoms with Gasteiger partial charge in [0.25, 0.3) is 0 Å². The van der Waals surface area contributed by atoms with Crippen molar-refractivity contribution in [1.82, 2.24) is 5.32 Å². The molecule has 2 heterocycles. The Kier molecular flexibility index (Phi) is 9.76. The van der Waals surface area contributed by atoms with E-state index in [1.54, 1.807) is 4.90 Å². The van der Waals surface area contributed by atoms with Crippen LogP contribution in [0.15, 0.2) is 24.3 Å². The van der Waals surface area contributed by atoms with Crippen molar-refractivity contribution in [3.63, 3.8) is 0 Å². The van der Waals surface area contributed by atoms with Crippen molar-refractivity contribution in [3.05, 3.63) is 24.3 Å². The zero-order valence-electron chi connectivity index (χ0n) is 19.3. The van der Waals surface area contributed by atoms with Crippen LogP contribution in [0.5, 0.6) is 5.75 Å². The Labute approximate surface area is 191 Å². The van der Waals surface area contributed by atoms with Gasteiger partial charge in [-0.1, -0.05) is 0 Å². The molecule has 2 amide bonds. The first-order valence-corrected chi connectivity index (χ1v) is 13.5. The molecule has 2 saturated heterocycles. The maximum absolute atomic E-state index is 12.9. The highest BCUT2D eigenvalue weighted by Crippen LogP contribution is 2.23. The molecule has 1 N–H and O–H groups in total. The third-order valence-corrected chi connectivity index (χ3v) is 8.20. The molecule has 3 rings (SSSR count). The summed E-state index contributed by atoms with van der Waals surface area (Å²) in [6.45, 7) is 10.5. The molecule has 2 unspecified atom stereocenters. The standard InChI is InChI=1S/C22H36N2O7Si/c1-4-29-32(30-5-2,31-6-3)13-7-12-23-22(25)24(14-20-15-27-20)18-8-10-19(11-9-18)26-16-21-17-28-21/h8-11,20-21H,4-7,12-17H2,1-3H3,(H,23,25). The number of carbonyl (C=O) groups excluding carboxylic acids is 1. The molecule has 0 bridgehead atoms. The van der Waals surface area contributed by atoms with Crippen LogP contribution in [0.4, 0.5) is 10.5 Å². The van der Waals surface area contributed by atoms with Crippen LogP contribution in [0.1, 0.15) is 27.2 Å². The van der Waals surface area contributed by atoms with E-state index in [9.17, 15) is 4.79 Å². The van der Waals surface area contributed by atoms with Crippen LogP contribution >= 0.6 is 0 Å². The quantitative estimate of drug-likeness (QED) is 0.226. The first-order valence-electron chi connectivity index (χ1n) is 11.5. The van der Waals surface area contributed by atoms with E-state index in [1.165, 1.54) is 0 Å². The molecular weight excluding hydrogens is 432 g/mol. The second-order valence-electron chi connectivity index (χ2n) is 7.64. The summed E-state index contributed by atoms with van der Waals surface area (Å²) in [6.07, 6.45) is 0.999. The Morgan fingerprint density at radius 2 is 1.62 bits per heavy atom. The number of ether oxygens (including phenoxy) is 3. The van der Waals surface area contributed by atoms with E-state index in [1.807, 2.05) is 45.0 Å². The van der Waals surface area contributed by atoms with Gasteiger partial charge in [0.2, 0.25) is 0 Å². The van der Waals surface area contributed by atoms with Crippen molar-refractivity contribution in [2.45, 2.75) is 45.4 Å². The average Bonchev–Trinajstić information content (AvgIpc) is 3.70. The summed E-state index contributed by atoms with van der Waals surface area (Å²) in [5.74, 6) is 0.761. The second-order valence-corrected chi connectivity index (χ2v) is 10.4. The Morgan fingerprint density at radius 1 is 1.03 bits per heavy atom. The van der Waals surface area contributed by atoms with Crippen molar-refractivity contribution in [1.29, 1.82) is 0 Å². The smallest absolute Gasteiger partial charge is 0.491 e. The van der Waals surface area contributed by atoms with E-state index in [4.69, 9.17) is 27.5 Å². The Bertz CT molecular complexity index is 681. The number of urea groups is 1. The van der Waals surface area contributed by atoms with Gasteiger partial charge in [-0.15, -0.1) is 0 Å². The molecule has 10 heteroatoms. The van der Waals surface area contributed by atoms with E-state index < -0.39 is 8.80 Å². The second kappa shape index (κ2) is 12.5. The highest BCUT2D eigenvalue weighted by molar-refractivity contribution is 6.60. The maximum Gasteiger partial charge on any atom is 0.500 e. The number of nitrogens with one attached hydrogen (secondary N) is 1. The van der Waals surface area contributed by atoms with Crippen LogP contribution in [0.2, 0.25) is 6.04 Å². The van der Waals surface area contributed by atoms with Crippen molar-refractivity contribution in [2.75, 3.05) is 57.6 Å². The molecule has 2 atom stereocenters. The molecular formula is C22H36N2O7Si. The van der Waals surface area contributed by atoms with Gasteiger partial charge < -0.3 is 32.8 Å². The van der Waals surface area contributed by atoms with Gasteiger partial charge >= 0.3 is 14.8 Å². The minimum Gasteiger partial charge on any atom is -0.491 e. The molecule has 0 aromatic heterocycles. The molecule has 2 fully saturated rings. The van der Waals surface area contributed by atoms with E-state index in [0.717, 1.165) is 18.0 Å². The van der Waals surface area contributed by atoms with Crippen molar-refractivity contribution in [3.8, 4) is 5.75 Å². The van der Waals surface area contributed by atoms with Crippen molar-refractivity contribution >= 4 is 20.5 Å². The summed E-state index contributed by atoms with van der Waals surface area (Å²) in [6, 6.07) is 8.03. The fourth-order valence-corrected chi connectivity index (χ4v) is 5.97. The largest absolute Gasteiger partial charge is 0.500 e. The number of carbonyl (C=O) groups is 1. The lowest BCUT2D eigenvalue weighted by atomic mass is 10.2. The Balaban J connectivity index is 1.51. The number of hydrogen-bond donors (Lipinski definition) is 1. The average molecular weight is 469 g/mol. The van der Waals surface area contributed by atoms with Crippen LogP contribution in [0.25, 0.3) is 0 Å². The third-order valence-electron chi connectivity index (χ3n) is 5.05. The van der Waals surface area contributed by atoms with Gasteiger partial charge in [0.05, 0.1) is 25.9 Å². The normalized spacial score (nSPS) is 19.5. The van der Waals surface area contributed by atoms with E-state index in [-0.39, 0.29) is 18.2 Å². The lowest BCUT2D eigenvalue weighted by Gasteiger charge is -2.28. The number of epoxide rings is 2. The van der Waals surface area contributed by atoms with Crippen LogP contribution in [0, 0.1) is 0 Å². The van der Waals surface area contributed by atoms with Crippen LogP contribution < -0.4 is 15.0 Å². The zero-order valence-corrected chi connectivity index (χ0v) is 20.3. The number of benzene rings is 1. The number of anilines is 1. The molecule has 0 aliphatic carbocycles. The first kappa shape index (κ1) is 24.9. The lowest BCUT2D eigenvalue weighted by Crippen LogP contribution is -2.47. The van der Waals surface area contributed by atoms with Crippen LogP contribution in [0.3, 0.4) is 0 Å². The fourth-order valence-electron chi connectivity index (χ4n) is 3.36. The summed E-state index contributed by atoms with van der Waals surface area (Å²) in [4.78, 5) is 14.7. The topological polar surface area (TPSA) is 94.3 Å². The number of amides is 2. The maximum atomic E-state index is 12.9. The minimum atomic E-state index is -2.70. The predicted molar refractivity (Wildman–Crippen MR) is 122 cm³/mol. The van der Waals surface area contributed by atoms with Crippen molar-refractivity contribution in [2.24, 2.45) is 0 Å². The highest BCUT2D eigenvalue weighted by atomic mass is 28.4. The van der Waals surface area contributed by atoms with Gasteiger partial charge in [-0.25, -0.2) is 4.79 Å². The molecule has 2 aliphatic rings. The SMILES string of the molecule is CCO[Si](CCCNC(=O)N(CC1CO1)c1ccc(OCC2CO2)cc1)(OCC)OCC. The van der Waals surface area contributed by atoms with Gasteiger partial charge in [-0.05, 0) is 51.5 Å². The Hall–Kier alpha value is -1.69. The Morgan fingerprint density at radius 3 is 2.16 bits per heavy atom. The third kappa shape index (κ3) is 8.02. The van der Waals surface area contributed by atoms with Gasteiger partial charge in [-0.3, -0.25) is 4.90 Å². The minimum absolute atomic E-state index is 0.0811. The molecule has 9 nitrogen and oxygen atoms in total. The number of rotatable bonds is 16. The molecule has 1 aromatic carbocycles. The van der Waals surface area contributed by atoms with E-state index in [0.29, 0.717) is 58.6 Å². The summed E-state index contributed by atoms with van der Waals surface area (Å²) in [5, 5.41) is 3.02. The molecule has 0 radical (unpaired) electrons. The van der Waals surface area contributed by atoms with Crippen molar-refractivity contribution < 1.29 is 32.3 Å².